The van der Waals surface area contributed by atoms with Crippen LogP contribution in [0.15, 0.2) is 42.5 Å². The Labute approximate surface area is 84.6 Å². The van der Waals surface area contributed by atoms with Crippen LogP contribution < -0.4 is 0 Å². The average Bonchev–Trinajstić information content (AvgIpc) is 2.17. The molecule has 0 aliphatic rings. The minimum absolute atomic E-state index is 0.00856. The van der Waals surface area contributed by atoms with Gasteiger partial charge in [-0.3, -0.25) is 0 Å². The normalized spacial score (nSPS) is 10.2. The third-order valence-corrected chi connectivity index (χ3v) is 2.48. The quantitative estimate of drug-likeness (QED) is 0.691. The predicted octanol–water partition coefficient (Wildman–Crippen LogP) is 2.15. The summed E-state index contributed by atoms with van der Waals surface area (Å²) in [4.78, 5) is 11.0. The second kappa shape index (κ2) is 3.33. The molecule has 0 bridgehead atoms. The predicted molar refractivity (Wildman–Crippen MR) is 54.0 cm³/mol. The van der Waals surface area contributed by atoms with E-state index in [1.807, 2.05) is 42.5 Å². The second-order valence-electron chi connectivity index (χ2n) is 2.85. The molecule has 0 unspecified atom stereocenters. The monoisotopic (exact) mass is 235 g/mol. The number of benzene rings is 2. The van der Waals surface area contributed by atoms with E-state index in [9.17, 15) is 4.79 Å². The summed E-state index contributed by atoms with van der Waals surface area (Å²) in [5.41, 5.74) is 0.721. The van der Waals surface area contributed by atoms with Crippen molar-refractivity contribution in [2.75, 3.05) is 0 Å². The fourth-order valence-electron chi connectivity index (χ4n) is 1.32. The van der Waals surface area contributed by atoms with Gasteiger partial charge in [0, 0.05) is 0 Å². The molecule has 0 N–H and O–H groups in total. The molecule has 1 nitrogen and oxygen atoms in total. The Morgan fingerprint density at radius 1 is 1.00 bits per heavy atom. The number of hydrogen-bond acceptors (Lipinski definition) is 1. The zero-order chi connectivity index (χ0) is 9.26. The van der Waals surface area contributed by atoms with E-state index in [0.29, 0.717) is 0 Å². The van der Waals surface area contributed by atoms with Crippen molar-refractivity contribution in [3.63, 3.8) is 0 Å². The maximum atomic E-state index is 11.0. The van der Waals surface area contributed by atoms with Crippen LogP contribution in [-0.4, -0.2) is 20.7 Å². The van der Waals surface area contributed by atoms with Crippen LogP contribution in [0.3, 0.4) is 0 Å². The van der Waals surface area contributed by atoms with Gasteiger partial charge in [0.2, 0.25) is 0 Å². The van der Waals surface area contributed by atoms with Gasteiger partial charge in [0.1, 0.15) is 0 Å². The summed E-state index contributed by atoms with van der Waals surface area (Å²) in [6.45, 7) is 0. The number of fused-ring (bicyclic) bond motifs is 1. The molecule has 0 heterocycles. The van der Waals surface area contributed by atoms with Crippen molar-refractivity contribution in [2.45, 2.75) is 0 Å². The molecule has 0 aromatic heterocycles. The first kappa shape index (κ1) is 8.49. The van der Waals surface area contributed by atoms with E-state index in [4.69, 9.17) is 0 Å². The van der Waals surface area contributed by atoms with Crippen LogP contribution in [0.4, 0.5) is 0 Å². The summed E-state index contributed by atoms with van der Waals surface area (Å²) in [5.74, 6) is 0. The molecule has 2 rings (SSSR count). The summed E-state index contributed by atoms with van der Waals surface area (Å²) in [5, 5.41) is 2.26. The van der Waals surface area contributed by atoms with Gasteiger partial charge in [-0.25, -0.2) is 0 Å². The maximum absolute atomic E-state index is 11.0. The number of carbonyl (C=O) groups excluding carboxylic acids is 1. The second-order valence-corrected chi connectivity index (χ2v) is 3.63. The van der Waals surface area contributed by atoms with Crippen LogP contribution in [0.5, 0.6) is 0 Å². The molecule has 2 heteroatoms. The molecular formula is C11H7OSe. The van der Waals surface area contributed by atoms with Crippen molar-refractivity contribution < 1.29 is 4.79 Å². The van der Waals surface area contributed by atoms with E-state index in [0.717, 1.165) is 16.3 Å². The van der Waals surface area contributed by atoms with E-state index < -0.39 is 0 Å². The summed E-state index contributed by atoms with van der Waals surface area (Å²) < 4.78 is -0.00856. The Balaban J connectivity index is 2.69. The van der Waals surface area contributed by atoms with Crippen molar-refractivity contribution in [1.29, 1.82) is 0 Å². The summed E-state index contributed by atoms with van der Waals surface area (Å²) in [7, 11) is 0. The van der Waals surface area contributed by atoms with Crippen LogP contribution in [0.2, 0.25) is 0 Å². The van der Waals surface area contributed by atoms with Crippen LogP contribution in [0.25, 0.3) is 10.8 Å². The van der Waals surface area contributed by atoms with Gasteiger partial charge in [-0.1, -0.05) is 0 Å². The molecule has 0 saturated carbocycles. The summed E-state index contributed by atoms with van der Waals surface area (Å²) in [6.07, 6.45) is 0. The summed E-state index contributed by atoms with van der Waals surface area (Å²) in [6, 6.07) is 13.7. The summed E-state index contributed by atoms with van der Waals surface area (Å²) >= 11 is 2.48. The van der Waals surface area contributed by atoms with Crippen molar-refractivity contribution >= 4 is 31.5 Å². The van der Waals surface area contributed by atoms with E-state index in [2.05, 4.69) is 16.0 Å². The van der Waals surface area contributed by atoms with Gasteiger partial charge in [-0.15, -0.1) is 0 Å². The van der Waals surface area contributed by atoms with E-state index >= 15 is 0 Å². The molecule has 0 atom stereocenters. The van der Waals surface area contributed by atoms with Gasteiger partial charge in [0.25, 0.3) is 0 Å². The van der Waals surface area contributed by atoms with Gasteiger partial charge in [-0.2, -0.15) is 0 Å². The number of rotatable bonds is 1. The van der Waals surface area contributed by atoms with Crippen LogP contribution in [-0.2, 0) is 0 Å². The SMILES string of the molecule is O=C([Se])c1ccc2ccccc2c1. The topological polar surface area (TPSA) is 17.1 Å². The molecule has 0 saturated heterocycles. The van der Waals surface area contributed by atoms with Crippen LogP contribution in [0.1, 0.15) is 10.4 Å². The fraction of sp³-hybridized carbons (Fsp3) is 0. The van der Waals surface area contributed by atoms with Crippen molar-refractivity contribution in [1.82, 2.24) is 0 Å². The molecule has 0 aliphatic carbocycles. The minimum atomic E-state index is -0.00856. The van der Waals surface area contributed by atoms with Gasteiger partial charge >= 0.3 is 84.3 Å². The van der Waals surface area contributed by atoms with Crippen molar-refractivity contribution in [2.24, 2.45) is 0 Å². The van der Waals surface area contributed by atoms with Gasteiger partial charge in [-0.05, 0) is 0 Å². The molecule has 13 heavy (non-hydrogen) atoms. The van der Waals surface area contributed by atoms with Gasteiger partial charge < -0.3 is 0 Å². The van der Waals surface area contributed by atoms with Gasteiger partial charge in [0.05, 0.1) is 0 Å². The van der Waals surface area contributed by atoms with E-state index in [-0.39, 0.29) is 4.68 Å². The first-order chi connectivity index (χ1) is 6.27. The molecular weight excluding hydrogens is 227 g/mol. The molecule has 1 radical (unpaired) electrons. The Kier molecular flexibility index (Phi) is 2.17. The average molecular weight is 234 g/mol. The molecule has 0 fully saturated rings. The van der Waals surface area contributed by atoms with E-state index in [1.54, 1.807) is 0 Å². The first-order valence-electron chi connectivity index (χ1n) is 3.97. The molecule has 63 valence electrons. The Bertz CT molecular complexity index is 462. The third-order valence-electron chi connectivity index (χ3n) is 1.99. The molecule has 0 spiro atoms. The fourth-order valence-corrected chi connectivity index (χ4v) is 1.58. The molecule has 0 amide bonds. The third kappa shape index (κ3) is 1.64. The zero-order valence-corrected chi connectivity index (χ0v) is 8.57. The Hall–Kier alpha value is -1.11. The van der Waals surface area contributed by atoms with Crippen molar-refractivity contribution in [3.05, 3.63) is 48.0 Å². The van der Waals surface area contributed by atoms with E-state index in [1.165, 1.54) is 0 Å². The number of carbonyl (C=O) groups is 1. The standard InChI is InChI=1S/C11H7OSe/c12-11(13)10-6-5-8-3-1-2-4-9(8)7-10/h1-7H. The van der Waals surface area contributed by atoms with Gasteiger partial charge in [0.15, 0.2) is 0 Å². The molecule has 2 aromatic rings. The van der Waals surface area contributed by atoms with Crippen molar-refractivity contribution in [3.8, 4) is 0 Å². The molecule has 2 aromatic carbocycles. The molecule has 0 aliphatic heterocycles. The number of hydrogen-bond donors (Lipinski definition) is 0. The zero-order valence-electron chi connectivity index (χ0n) is 6.86. The van der Waals surface area contributed by atoms with Crippen LogP contribution in [0, 0.1) is 0 Å². The Morgan fingerprint density at radius 2 is 1.69 bits per heavy atom. The first-order valence-corrected chi connectivity index (χ1v) is 4.83. The Morgan fingerprint density at radius 3 is 2.38 bits per heavy atom. The van der Waals surface area contributed by atoms with Crippen LogP contribution >= 0.6 is 0 Å².